The Balaban J connectivity index is 1.80. The molecule has 5 rings (SSSR count). The molecular formula is C24H18FNO4. The minimum Gasteiger partial charge on any atom is -0.467 e. The Kier molecular flexibility index (Phi) is 4.10. The molecule has 0 aliphatic carbocycles. The summed E-state index contributed by atoms with van der Waals surface area (Å²) in [6.07, 6.45) is 1.50. The van der Waals surface area contributed by atoms with Crippen molar-refractivity contribution in [2.45, 2.75) is 26.4 Å². The average molecular weight is 403 g/mol. The van der Waals surface area contributed by atoms with Crippen LogP contribution in [0.1, 0.15) is 44.6 Å². The number of carbonyl (C=O) groups excluding carboxylic acids is 1. The van der Waals surface area contributed by atoms with Gasteiger partial charge in [0, 0.05) is 5.56 Å². The first-order chi connectivity index (χ1) is 14.5. The van der Waals surface area contributed by atoms with Gasteiger partial charge in [-0.1, -0.05) is 24.3 Å². The number of amides is 1. The van der Waals surface area contributed by atoms with E-state index in [-0.39, 0.29) is 28.9 Å². The van der Waals surface area contributed by atoms with Crippen LogP contribution in [-0.4, -0.2) is 10.8 Å². The summed E-state index contributed by atoms with van der Waals surface area (Å²) in [7, 11) is 0. The fourth-order valence-electron chi connectivity index (χ4n) is 4.27. The van der Waals surface area contributed by atoms with Gasteiger partial charge in [0.05, 0.1) is 29.8 Å². The van der Waals surface area contributed by atoms with Crippen molar-refractivity contribution in [3.63, 3.8) is 0 Å². The van der Waals surface area contributed by atoms with Gasteiger partial charge in [0.25, 0.3) is 5.91 Å². The molecule has 0 radical (unpaired) electrons. The second-order valence-corrected chi connectivity index (χ2v) is 7.57. The predicted molar refractivity (Wildman–Crippen MR) is 109 cm³/mol. The third kappa shape index (κ3) is 2.68. The first-order valence-corrected chi connectivity index (χ1v) is 9.61. The number of aryl methyl sites for hydroxylation is 2. The molecule has 2 aromatic heterocycles. The van der Waals surface area contributed by atoms with Crippen LogP contribution in [-0.2, 0) is 6.54 Å². The molecule has 0 spiro atoms. The first-order valence-electron chi connectivity index (χ1n) is 9.61. The Morgan fingerprint density at radius 2 is 1.87 bits per heavy atom. The average Bonchev–Trinajstić information content (AvgIpc) is 3.30. The number of benzene rings is 2. The lowest BCUT2D eigenvalue weighted by Gasteiger charge is -2.24. The zero-order chi connectivity index (χ0) is 21.0. The molecule has 0 saturated heterocycles. The molecule has 0 fully saturated rings. The van der Waals surface area contributed by atoms with Crippen molar-refractivity contribution in [1.82, 2.24) is 4.90 Å². The van der Waals surface area contributed by atoms with E-state index in [1.54, 1.807) is 36.4 Å². The zero-order valence-corrected chi connectivity index (χ0v) is 16.4. The quantitative estimate of drug-likeness (QED) is 0.489. The lowest BCUT2D eigenvalue weighted by molar-refractivity contribution is 0.0699. The van der Waals surface area contributed by atoms with Crippen LogP contribution in [0.25, 0.3) is 11.0 Å². The van der Waals surface area contributed by atoms with Crippen molar-refractivity contribution >= 4 is 16.9 Å². The molecule has 1 atom stereocenters. The molecule has 6 heteroatoms. The predicted octanol–water partition coefficient (Wildman–Crippen LogP) is 4.89. The summed E-state index contributed by atoms with van der Waals surface area (Å²) in [4.78, 5) is 28.3. The molecule has 0 saturated carbocycles. The van der Waals surface area contributed by atoms with E-state index in [4.69, 9.17) is 8.83 Å². The van der Waals surface area contributed by atoms with Crippen molar-refractivity contribution in [2.75, 3.05) is 0 Å². The van der Waals surface area contributed by atoms with Crippen LogP contribution < -0.4 is 5.43 Å². The van der Waals surface area contributed by atoms with E-state index in [2.05, 4.69) is 0 Å². The highest BCUT2D eigenvalue weighted by Crippen LogP contribution is 2.40. The van der Waals surface area contributed by atoms with Gasteiger partial charge in [-0.2, -0.15) is 0 Å². The highest BCUT2D eigenvalue weighted by molar-refractivity contribution is 5.99. The number of halogens is 1. The molecule has 2 aromatic carbocycles. The van der Waals surface area contributed by atoms with E-state index < -0.39 is 17.8 Å². The molecule has 0 N–H and O–H groups in total. The minimum absolute atomic E-state index is 0.0442. The molecule has 0 unspecified atom stereocenters. The van der Waals surface area contributed by atoms with Crippen molar-refractivity contribution in [3.05, 3.63) is 105 Å². The molecule has 30 heavy (non-hydrogen) atoms. The van der Waals surface area contributed by atoms with Crippen LogP contribution in [0.15, 0.2) is 68.4 Å². The maximum atomic E-state index is 14.8. The maximum absolute atomic E-state index is 14.8. The van der Waals surface area contributed by atoms with Gasteiger partial charge in [-0.05, 0) is 49.2 Å². The molecule has 4 aromatic rings. The number of rotatable bonds is 3. The molecule has 150 valence electrons. The normalized spacial score (nSPS) is 15.8. The SMILES string of the molecule is Cc1cc(C)c2c(=O)c3c(oc2c1)C(=O)N(Cc1ccco1)[C@H]3c1ccccc1F. The van der Waals surface area contributed by atoms with Gasteiger partial charge in [0.15, 0.2) is 5.43 Å². The lowest BCUT2D eigenvalue weighted by atomic mass is 9.96. The summed E-state index contributed by atoms with van der Waals surface area (Å²) in [5.41, 5.74) is 2.13. The van der Waals surface area contributed by atoms with E-state index in [1.165, 1.54) is 17.2 Å². The smallest absolute Gasteiger partial charge is 0.291 e. The second-order valence-electron chi connectivity index (χ2n) is 7.57. The van der Waals surface area contributed by atoms with Gasteiger partial charge >= 0.3 is 0 Å². The van der Waals surface area contributed by atoms with Gasteiger partial charge in [0.1, 0.15) is 17.2 Å². The van der Waals surface area contributed by atoms with Crippen LogP contribution in [0, 0.1) is 19.7 Å². The molecule has 1 amide bonds. The van der Waals surface area contributed by atoms with Crippen LogP contribution in [0.2, 0.25) is 0 Å². The Hall–Kier alpha value is -3.67. The van der Waals surface area contributed by atoms with Gasteiger partial charge in [0.2, 0.25) is 5.76 Å². The Morgan fingerprint density at radius 1 is 1.07 bits per heavy atom. The van der Waals surface area contributed by atoms with Crippen molar-refractivity contribution < 1.29 is 18.0 Å². The Bertz CT molecular complexity index is 1350. The number of furan rings is 1. The summed E-state index contributed by atoms with van der Waals surface area (Å²) in [6.45, 7) is 3.81. The number of hydrogen-bond acceptors (Lipinski definition) is 4. The lowest BCUT2D eigenvalue weighted by Crippen LogP contribution is -2.29. The van der Waals surface area contributed by atoms with E-state index in [0.717, 1.165) is 11.1 Å². The van der Waals surface area contributed by atoms with Crippen LogP contribution in [0.3, 0.4) is 0 Å². The minimum atomic E-state index is -0.903. The third-order valence-corrected chi connectivity index (χ3v) is 5.52. The van der Waals surface area contributed by atoms with E-state index >= 15 is 0 Å². The standard InChI is InChI=1S/C24H18FNO4/c1-13-10-14(2)19-18(11-13)30-23-20(22(19)27)21(16-7-3-4-8-17(16)25)26(24(23)28)12-15-6-5-9-29-15/h3-11,21H,12H2,1-2H3/t21-/m0/s1. The maximum Gasteiger partial charge on any atom is 0.291 e. The molecule has 3 heterocycles. The monoisotopic (exact) mass is 403 g/mol. The topological polar surface area (TPSA) is 63.7 Å². The number of carbonyl (C=O) groups is 1. The number of fused-ring (bicyclic) bond motifs is 2. The highest BCUT2D eigenvalue weighted by Gasteiger charge is 2.44. The third-order valence-electron chi connectivity index (χ3n) is 5.52. The summed E-state index contributed by atoms with van der Waals surface area (Å²) in [6, 6.07) is 12.3. The van der Waals surface area contributed by atoms with Crippen molar-refractivity contribution in [1.29, 1.82) is 0 Å². The molecule has 0 bridgehead atoms. The Labute approximate surface area is 171 Å². The van der Waals surface area contributed by atoms with Gasteiger partial charge in [-0.3, -0.25) is 9.59 Å². The zero-order valence-electron chi connectivity index (χ0n) is 16.4. The van der Waals surface area contributed by atoms with E-state index in [1.807, 2.05) is 19.9 Å². The van der Waals surface area contributed by atoms with E-state index in [0.29, 0.717) is 16.7 Å². The highest BCUT2D eigenvalue weighted by atomic mass is 19.1. The van der Waals surface area contributed by atoms with Crippen molar-refractivity contribution in [3.8, 4) is 0 Å². The largest absolute Gasteiger partial charge is 0.467 e. The summed E-state index contributed by atoms with van der Waals surface area (Å²) in [5.74, 6) is -0.473. The summed E-state index contributed by atoms with van der Waals surface area (Å²) >= 11 is 0. The van der Waals surface area contributed by atoms with Gasteiger partial charge in [-0.25, -0.2) is 4.39 Å². The number of nitrogens with zero attached hydrogens (tertiary/aromatic N) is 1. The molecule has 1 aliphatic heterocycles. The number of hydrogen-bond donors (Lipinski definition) is 0. The van der Waals surface area contributed by atoms with E-state index in [9.17, 15) is 14.0 Å². The van der Waals surface area contributed by atoms with Crippen LogP contribution >= 0.6 is 0 Å². The summed E-state index contributed by atoms with van der Waals surface area (Å²) in [5, 5.41) is 0.410. The molecular weight excluding hydrogens is 385 g/mol. The van der Waals surface area contributed by atoms with Gasteiger partial charge in [-0.15, -0.1) is 0 Å². The molecule has 5 nitrogen and oxygen atoms in total. The fourth-order valence-corrected chi connectivity index (χ4v) is 4.27. The van der Waals surface area contributed by atoms with Gasteiger partial charge < -0.3 is 13.7 Å². The summed E-state index contributed by atoms with van der Waals surface area (Å²) < 4.78 is 26.2. The molecule has 1 aliphatic rings. The second kappa shape index (κ2) is 6.69. The van der Waals surface area contributed by atoms with Crippen molar-refractivity contribution in [2.24, 2.45) is 0 Å². The van der Waals surface area contributed by atoms with Crippen LogP contribution in [0.4, 0.5) is 4.39 Å². The van der Waals surface area contributed by atoms with Crippen LogP contribution in [0.5, 0.6) is 0 Å². The Morgan fingerprint density at radius 3 is 2.60 bits per heavy atom. The first kappa shape index (κ1) is 18.4. The fraction of sp³-hybridized carbons (Fsp3) is 0.167.